The number of benzene rings is 2. The fourth-order valence-electron chi connectivity index (χ4n) is 4.36. The number of halogens is 2. The van der Waals surface area contributed by atoms with Gasteiger partial charge in [0.25, 0.3) is 10.0 Å². The lowest BCUT2D eigenvalue weighted by Gasteiger charge is -2.13. The van der Waals surface area contributed by atoms with Gasteiger partial charge in [-0.3, -0.25) is 14.6 Å². The van der Waals surface area contributed by atoms with Gasteiger partial charge in [-0.1, -0.05) is 17.9 Å². The molecule has 0 spiro atoms. The summed E-state index contributed by atoms with van der Waals surface area (Å²) in [6.45, 7) is 2.85. The van der Waals surface area contributed by atoms with Gasteiger partial charge >= 0.3 is 0 Å². The first-order chi connectivity index (χ1) is 18.3. The van der Waals surface area contributed by atoms with E-state index in [0.717, 1.165) is 47.3 Å². The van der Waals surface area contributed by atoms with Crippen molar-refractivity contribution in [1.29, 1.82) is 0 Å². The van der Waals surface area contributed by atoms with Crippen LogP contribution in [0.15, 0.2) is 65.8 Å². The van der Waals surface area contributed by atoms with Crippen molar-refractivity contribution >= 4 is 26.6 Å². The van der Waals surface area contributed by atoms with E-state index in [4.69, 9.17) is 4.74 Å². The molecule has 0 amide bonds. The molecule has 5 rings (SSSR count). The van der Waals surface area contributed by atoms with Gasteiger partial charge in [0.05, 0.1) is 19.2 Å². The Labute approximate surface area is 219 Å². The number of pyridine rings is 2. The first kappa shape index (κ1) is 25.6. The summed E-state index contributed by atoms with van der Waals surface area (Å²) >= 11 is 0. The molecule has 38 heavy (non-hydrogen) atoms. The van der Waals surface area contributed by atoms with Crippen LogP contribution in [0.25, 0.3) is 22.0 Å². The van der Waals surface area contributed by atoms with Gasteiger partial charge in [0.2, 0.25) is 5.88 Å². The lowest BCUT2D eigenvalue weighted by Crippen LogP contribution is -2.18. The molecule has 0 aliphatic carbocycles. The molecule has 1 aliphatic rings. The zero-order valence-electron chi connectivity index (χ0n) is 20.5. The third kappa shape index (κ3) is 5.44. The molecule has 0 saturated carbocycles. The minimum atomic E-state index is -4.40. The largest absolute Gasteiger partial charge is 0.480 e. The molecule has 1 aliphatic heterocycles. The summed E-state index contributed by atoms with van der Waals surface area (Å²) in [4.78, 5) is 10.3. The molecule has 0 atom stereocenters. The van der Waals surface area contributed by atoms with Crippen LogP contribution in [0.3, 0.4) is 0 Å². The maximum Gasteiger partial charge on any atom is 0.264 e. The lowest BCUT2D eigenvalue weighted by molar-refractivity contribution is 0.383. The normalized spacial score (nSPS) is 13.8. The van der Waals surface area contributed by atoms with E-state index < -0.39 is 26.6 Å². The fraction of sp³-hybridized carbons (Fsp3) is 0.214. The second kappa shape index (κ2) is 10.7. The van der Waals surface area contributed by atoms with E-state index in [9.17, 15) is 17.2 Å². The Morgan fingerprint density at radius 1 is 1.03 bits per heavy atom. The number of methoxy groups -OCH3 is 1. The number of ether oxygens (including phenoxy) is 1. The highest BCUT2D eigenvalue weighted by Gasteiger charge is 2.22. The number of hydrogen-bond acceptors (Lipinski definition) is 6. The van der Waals surface area contributed by atoms with Crippen LogP contribution in [0, 0.1) is 23.5 Å². The van der Waals surface area contributed by atoms with Crippen LogP contribution in [-0.2, 0) is 10.0 Å². The Morgan fingerprint density at radius 2 is 1.84 bits per heavy atom. The van der Waals surface area contributed by atoms with E-state index >= 15 is 0 Å². The van der Waals surface area contributed by atoms with Crippen molar-refractivity contribution in [2.24, 2.45) is 0 Å². The van der Waals surface area contributed by atoms with Gasteiger partial charge in [-0.2, -0.15) is 0 Å². The summed E-state index contributed by atoms with van der Waals surface area (Å²) in [5, 5.41) is 0.852. The standard InChI is InChI=1S/C28H24F2N4O3S/c1-37-28-26(33-38(35,36)27-9-7-22(29)17-24(27)30)16-21(18-32-28)20-6-8-25-23(15-20)19(10-11-31-25)5-4-14-34-12-2-3-13-34/h6-11,15-18,33H,2-3,12-14H2,1H3. The lowest BCUT2D eigenvalue weighted by atomic mass is 10.0. The number of nitrogens with one attached hydrogen (secondary N) is 1. The molecule has 4 aromatic rings. The van der Waals surface area contributed by atoms with Gasteiger partial charge < -0.3 is 4.74 Å². The second-order valence-corrected chi connectivity index (χ2v) is 10.5. The van der Waals surface area contributed by atoms with Crippen molar-refractivity contribution in [3.8, 4) is 28.8 Å². The zero-order valence-corrected chi connectivity index (χ0v) is 21.4. The Hall–Kier alpha value is -4.07. The zero-order chi connectivity index (χ0) is 26.7. The third-order valence-electron chi connectivity index (χ3n) is 6.27. The highest BCUT2D eigenvalue weighted by atomic mass is 32.2. The molecule has 1 N–H and O–H groups in total. The monoisotopic (exact) mass is 534 g/mol. The molecule has 0 bridgehead atoms. The Morgan fingerprint density at radius 3 is 2.61 bits per heavy atom. The fourth-order valence-corrected chi connectivity index (χ4v) is 5.47. The molecule has 2 aromatic carbocycles. The third-order valence-corrected chi connectivity index (χ3v) is 7.67. The first-order valence-electron chi connectivity index (χ1n) is 12.0. The van der Waals surface area contributed by atoms with E-state index in [2.05, 4.69) is 31.4 Å². The molecule has 7 nitrogen and oxygen atoms in total. The highest BCUT2D eigenvalue weighted by molar-refractivity contribution is 7.92. The summed E-state index contributed by atoms with van der Waals surface area (Å²) in [6.07, 6.45) is 5.68. The smallest absolute Gasteiger partial charge is 0.264 e. The first-order valence-corrected chi connectivity index (χ1v) is 13.4. The number of hydrogen-bond donors (Lipinski definition) is 1. The number of fused-ring (bicyclic) bond motifs is 1. The predicted octanol–water partition coefficient (Wildman–Crippen LogP) is 4.83. The minimum Gasteiger partial charge on any atom is -0.480 e. The van der Waals surface area contributed by atoms with E-state index in [1.165, 1.54) is 20.0 Å². The van der Waals surface area contributed by atoms with E-state index in [1.807, 2.05) is 24.3 Å². The second-order valence-electron chi connectivity index (χ2n) is 8.84. The molecule has 0 radical (unpaired) electrons. The molecule has 3 heterocycles. The Kier molecular flexibility index (Phi) is 7.22. The van der Waals surface area contributed by atoms with Crippen molar-refractivity contribution in [3.63, 3.8) is 0 Å². The van der Waals surface area contributed by atoms with Crippen molar-refractivity contribution in [2.45, 2.75) is 17.7 Å². The predicted molar refractivity (Wildman–Crippen MR) is 141 cm³/mol. The average molecular weight is 535 g/mol. The quantitative estimate of drug-likeness (QED) is 0.357. The van der Waals surface area contributed by atoms with E-state index in [0.29, 0.717) is 18.2 Å². The van der Waals surface area contributed by atoms with Gasteiger partial charge in [0, 0.05) is 35.0 Å². The van der Waals surface area contributed by atoms with Gasteiger partial charge in [-0.05, 0) is 67.9 Å². The Balaban J connectivity index is 1.49. The van der Waals surface area contributed by atoms with Crippen molar-refractivity contribution in [3.05, 3.63) is 78.1 Å². The number of aromatic nitrogens is 2. The van der Waals surface area contributed by atoms with Crippen LogP contribution < -0.4 is 9.46 Å². The summed E-state index contributed by atoms with van der Waals surface area (Å²) in [5.74, 6) is 4.42. The summed E-state index contributed by atoms with van der Waals surface area (Å²) in [5.41, 5.74) is 2.95. The van der Waals surface area contributed by atoms with Gasteiger partial charge in [0.1, 0.15) is 22.2 Å². The van der Waals surface area contributed by atoms with Crippen LogP contribution in [0.1, 0.15) is 18.4 Å². The summed E-state index contributed by atoms with van der Waals surface area (Å²) < 4.78 is 60.8. The van der Waals surface area contributed by atoms with Crippen molar-refractivity contribution in [1.82, 2.24) is 14.9 Å². The molecule has 0 unspecified atom stereocenters. The molecular formula is C28H24F2N4O3S. The van der Waals surface area contributed by atoms with Gasteiger partial charge in [-0.15, -0.1) is 0 Å². The van der Waals surface area contributed by atoms with Crippen molar-refractivity contribution in [2.75, 3.05) is 31.5 Å². The summed E-state index contributed by atoms with van der Waals surface area (Å²) in [7, 11) is -3.05. The van der Waals surface area contributed by atoms with Gasteiger partial charge in [-0.25, -0.2) is 22.2 Å². The molecule has 194 valence electrons. The van der Waals surface area contributed by atoms with Gasteiger partial charge in [0.15, 0.2) is 0 Å². The topological polar surface area (TPSA) is 84.4 Å². The average Bonchev–Trinajstić information content (AvgIpc) is 3.42. The van der Waals surface area contributed by atoms with Crippen LogP contribution in [0.5, 0.6) is 5.88 Å². The van der Waals surface area contributed by atoms with E-state index in [-0.39, 0.29) is 11.6 Å². The van der Waals surface area contributed by atoms with Crippen LogP contribution in [0.4, 0.5) is 14.5 Å². The number of sulfonamides is 1. The minimum absolute atomic E-state index is 0.00392. The highest BCUT2D eigenvalue weighted by Crippen LogP contribution is 2.32. The molecule has 1 saturated heterocycles. The molecule has 10 heteroatoms. The number of likely N-dealkylation sites (tertiary alicyclic amines) is 1. The molecule has 2 aromatic heterocycles. The van der Waals surface area contributed by atoms with Crippen LogP contribution in [0.2, 0.25) is 0 Å². The summed E-state index contributed by atoms with van der Waals surface area (Å²) in [6, 6.07) is 11.3. The number of rotatable bonds is 6. The Bertz CT molecular complexity index is 1680. The number of nitrogens with zero attached hydrogens (tertiary/aromatic N) is 3. The SMILES string of the molecule is COc1ncc(-c2ccc3nccc(C#CCN4CCCC4)c3c2)cc1NS(=O)(=O)c1ccc(F)cc1F. The maximum absolute atomic E-state index is 14.2. The molecule has 1 fully saturated rings. The van der Waals surface area contributed by atoms with Crippen LogP contribution >= 0.6 is 0 Å². The maximum atomic E-state index is 14.2. The van der Waals surface area contributed by atoms with Crippen LogP contribution in [-0.4, -0.2) is 50.0 Å². The van der Waals surface area contributed by atoms with Crippen molar-refractivity contribution < 1.29 is 21.9 Å². The van der Waals surface area contributed by atoms with E-state index in [1.54, 1.807) is 18.5 Å². The number of anilines is 1. The molecular weight excluding hydrogens is 510 g/mol.